The Balaban J connectivity index is 2.16. The number of carbonyl (C=O) groups is 1. The van der Waals surface area contributed by atoms with Gasteiger partial charge in [-0.05, 0) is 45.0 Å². The molecule has 20 heavy (non-hydrogen) atoms. The maximum Gasteiger partial charge on any atom is 0.330 e. The van der Waals surface area contributed by atoms with Gasteiger partial charge in [0, 0.05) is 25.3 Å². The summed E-state index contributed by atoms with van der Waals surface area (Å²) in [5.41, 5.74) is 0.426. The second kappa shape index (κ2) is 5.71. The van der Waals surface area contributed by atoms with Crippen molar-refractivity contribution >= 4 is 11.7 Å². The molecule has 2 N–H and O–H groups in total. The molecule has 1 unspecified atom stereocenters. The molecule has 0 saturated carbocycles. The van der Waals surface area contributed by atoms with Gasteiger partial charge in [0.1, 0.15) is 17.4 Å². The summed E-state index contributed by atoms with van der Waals surface area (Å²) in [5, 5.41) is 12.6. The number of nitrogens with one attached hydrogen (secondary N) is 1. The largest absolute Gasteiger partial charge is 0.508 e. The monoisotopic (exact) mass is 278 g/mol. The van der Waals surface area contributed by atoms with Crippen LogP contribution in [-0.2, 0) is 9.53 Å². The molecule has 0 bridgehead atoms. The van der Waals surface area contributed by atoms with Crippen molar-refractivity contribution in [3.05, 3.63) is 24.3 Å². The Hall–Kier alpha value is -1.75. The molecule has 5 nitrogen and oxygen atoms in total. The summed E-state index contributed by atoms with van der Waals surface area (Å²) in [5.74, 6) is -0.00419. The highest BCUT2D eigenvalue weighted by Crippen LogP contribution is 2.23. The third kappa shape index (κ3) is 3.63. The van der Waals surface area contributed by atoms with Crippen molar-refractivity contribution in [1.29, 1.82) is 0 Å². The maximum atomic E-state index is 12.3. The van der Waals surface area contributed by atoms with Crippen LogP contribution in [0.4, 0.5) is 5.69 Å². The van der Waals surface area contributed by atoms with Gasteiger partial charge in [-0.2, -0.15) is 0 Å². The average Bonchev–Trinajstić information content (AvgIpc) is 2.38. The molecule has 1 aliphatic heterocycles. The van der Waals surface area contributed by atoms with Crippen LogP contribution in [0.5, 0.6) is 5.75 Å². The number of hydrogen-bond acceptors (Lipinski definition) is 5. The van der Waals surface area contributed by atoms with Crippen LogP contribution in [-0.4, -0.2) is 42.4 Å². The normalized spacial score (nSPS) is 19.8. The minimum atomic E-state index is -0.491. The first-order chi connectivity index (χ1) is 9.37. The van der Waals surface area contributed by atoms with Crippen molar-refractivity contribution in [2.24, 2.45) is 0 Å². The van der Waals surface area contributed by atoms with Crippen LogP contribution < -0.4 is 10.2 Å². The molecule has 1 aliphatic rings. The van der Waals surface area contributed by atoms with Crippen molar-refractivity contribution in [3.8, 4) is 5.75 Å². The molecular weight excluding hydrogens is 256 g/mol. The highest BCUT2D eigenvalue weighted by molar-refractivity contribution is 5.81. The van der Waals surface area contributed by atoms with E-state index in [1.807, 2.05) is 37.8 Å². The molecule has 1 heterocycles. The lowest BCUT2D eigenvalue weighted by molar-refractivity contribution is -0.156. The van der Waals surface area contributed by atoms with Crippen molar-refractivity contribution in [1.82, 2.24) is 5.32 Å². The number of phenolic OH excluding ortho intramolecular Hbond substituents is 1. The first-order valence-corrected chi connectivity index (χ1v) is 6.86. The Labute approximate surface area is 119 Å². The molecule has 110 valence electrons. The average molecular weight is 278 g/mol. The van der Waals surface area contributed by atoms with E-state index in [-0.39, 0.29) is 17.8 Å². The molecule has 1 aromatic rings. The Kier molecular flexibility index (Phi) is 4.18. The van der Waals surface area contributed by atoms with E-state index in [1.54, 1.807) is 12.1 Å². The van der Waals surface area contributed by atoms with Gasteiger partial charge in [-0.1, -0.05) is 0 Å². The molecule has 0 aliphatic carbocycles. The van der Waals surface area contributed by atoms with Crippen molar-refractivity contribution in [2.75, 3.05) is 24.5 Å². The number of anilines is 1. The molecule has 1 atom stereocenters. The van der Waals surface area contributed by atoms with Crippen LogP contribution in [0.15, 0.2) is 24.3 Å². The predicted molar refractivity (Wildman–Crippen MR) is 78.0 cm³/mol. The van der Waals surface area contributed by atoms with E-state index in [2.05, 4.69) is 5.32 Å². The molecular formula is C15H22N2O3. The molecule has 0 spiro atoms. The summed E-state index contributed by atoms with van der Waals surface area (Å²) in [6, 6.07) is 6.55. The second-order valence-corrected chi connectivity index (χ2v) is 5.96. The number of nitrogens with zero attached hydrogens (tertiary/aromatic N) is 1. The lowest BCUT2D eigenvalue weighted by Crippen LogP contribution is -2.56. The van der Waals surface area contributed by atoms with Crippen molar-refractivity contribution in [3.63, 3.8) is 0 Å². The summed E-state index contributed by atoms with van der Waals surface area (Å²) >= 11 is 0. The van der Waals surface area contributed by atoms with E-state index >= 15 is 0 Å². The Bertz CT molecular complexity index is 465. The topological polar surface area (TPSA) is 61.8 Å². The van der Waals surface area contributed by atoms with E-state index < -0.39 is 5.60 Å². The van der Waals surface area contributed by atoms with Gasteiger partial charge in [-0.25, -0.2) is 4.79 Å². The van der Waals surface area contributed by atoms with E-state index in [1.165, 1.54) is 0 Å². The molecule has 5 heteroatoms. The third-order valence-electron chi connectivity index (χ3n) is 3.10. The van der Waals surface area contributed by atoms with Crippen LogP contribution in [0.1, 0.15) is 20.8 Å². The number of benzene rings is 1. The number of hydrogen-bond donors (Lipinski definition) is 2. The SMILES string of the molecule is CC(C)(C)OC(=O)C1CNCCN1c1ccc(O)cc1. The van der Waals surface area contributed by atoms with Gasteiger partial charge in [-0.15, -0.1) is 0 Å². The predicted octanol–water partition coefficient (Wildman–Crippen LogP) is 1.51. The van der Waals surface area contributed by atoms with Crippen LogP contribution in [0, 0.1) is 0 Å². The highest BCUT2D eigenvalue weighted by atomic mass is 16.6. The zero-order chi connectivity index (χ0) is 14.8. The quantitative estimate of drug-likeness (QED) is 0.803. The number of ether oxygens (including phenoxy) is 1. The first-order valence-electron chi connectivity index (χ1n) is 6.86. The zero-order valence-electron chi connectivity index (χ0n) is 12.2. The molecule has 0 aromatic heterocycles. The summed E-state index contributed by atoms with van der Waals surface area (Å²) in [7, 11) is 0. The van der Waals surface area contributed by atoms with Gasteiger partial charge in [0.15, 0.2) is 0 Å². The number of rotatable bonds is 2. The molecule has 1 aromatic carbocycles. The summed E-state index contributed by atoms with van der Waals surface area (Å²) in [6.45, 7) is 7.72. The smallest absolute Gasteiger partial charge is 0.330 e. The second-order valence-electron chi connectivity index (χ2n) is 5.96. The zero-order valence-corrected chi connectivity index (χ0v) is 12.2. The Morgan fingerprint density at radius 3 is 2.60 bits per heavy atom. The lowest BCUT2D eigenvalue weighted by atomic mass is 10.1. The standard InChI is InChI=1S/C15H22N2O3/c1-15(2,3)20-14(19)13-10-16-8-9-17(13)11-4-6-12(18)7-5-11/h4-7,13,16,18H,8-10H2,1-3H3. The molecule has 1 saturated heterocycles. The van der Waals surface area contributed by atoms with Crippen LogP contribution in [0.25, 0.3) is 0 Å². The Morgan fingerprint density at radius 2 is 2.00 bits per heavy atom. The van der Waals surface area contributed by atoms with E-state index in [0.29, 0.717) is 6.54 Å². The van der Waals surface area contributed by atoms with Gasteiger partial charge in [0.2, 0.25) is 0 Å². The van der Waals surface area contributed by atoms with E-state index in [9.17, 15) is 9.90 Å². The fourth-order valence-electron chi connectivity index (χ4n) is 2.24. The van der Waals surface area contributed by atoms with Gasteiger partial charge >= 0.3 is 5.97 Å². The number of esters is 1. The number of piperazine rings is 1. The summed E-state index contributed by atoms with van der Waals surface area (Å²) < 4.78 is 5.48. The van der Waals surface area contributed by atoms with Crippen molar-refractivity contribution < 1.29 is 14.6 Å². The maximum absolute atomic E-state index is 12.3. The minimum absolute atomic E-state index is 0.220. The molecule has 0 radical (unpaired) electrons. The lowest BCUT2D eigenvalue weighted by Gasteiger charge is -2.37. The van der Waals surface area contributed by atoms with Crippen LogP contribution in [0.2, 0.25) is 0 Å². The number of aromatic hydroxyl groups is 1. The van der Waals surface area contributed by atoms with Crippen LogP contribution >= 0.6 is 0 Å². The molecule has 2 rings (SSSR count). The minimum Gasteiger partial charge on any atom is -0.508 e. The van der Waals surface area contributed by atoms with E-state index in [0.717, 1.165) is 18.8 Å². The van der Waals surface area contributed by atoms with Crippen LogP contribution in [0.3, 0.4) is 0 Å². The first kappa shape index (κ1) is 14.7. The van der Waals surface area contributed by atoms with Crippen molar-refractivity contribution in [2.45, 2.75) is 32.4 Å². The summed E-state index contributed by atoms with van der Waals surface area (Å²) in [4.78, 5) is 14.3. The Morgan fingerprint density at radius 1 is 1.35 bits per heavy atom. The van der Waals surface area contributed by atoms with Gasteiger partial charge in [0.25, 0.3) is 0 Å². The highest BCUT2D eigenvalue weighted by Gasteiger charge is 2.32. The summed E-state index contributed by atoms with van der Waals surface area (Å²) in [6.07, 6.45) is 0. The number of carbonyl (C=O) groups excluding carboxylic acids is 1. The molecule has 1 fully saturated rings. The fourth-order valence-corrected chi connectivity index (χ4v) is 2.24. The third-order valence-corrected chi connectivity index (χ3v) is 3.10. The molecule has 0 amide bonds. The van der Waals surface area contributed by atoms with Gasteiger partial charge in [0.05, 0.1) is 0 Å². The van der Waals surface area contributed by atoms with Gasteiger partial charge < -0.3 is 20.1 Å². The van der Waals surface area contributed by atoms with Gasteiger partial charge in [-0.3, -0.25) is 0 Å². The fraction of sp³-hybridized carbons (Fsp3) is 0.533. The van der Waals surface area contributed by atoms with E-state index in [4.69, 9.17) is 4.74 Å². The number of phenols is 1.